The van der Waals surface area contributed by atoms with E-state index < -0.39 is 0 Å². The smallest absolute Gasteiger partial charge is 0.223 e. The lowest BCUT2D eigenvalue weighted by atomic mass is 9.87. The molecule has 1 saturated heterocycles. The number of rotatable bonds is 5. The van der Waals surface area contributed by atoms with Gasteiger partial charge in [0.2, 0.25) is 5.91 Å². The van der Waals surface area contributed by atoms with Gasteiger partial charge in [-0.05, 0) is 45.6 Å². The van der Waals surface area contributed by atoms with Crippen molar-refractivity contribution in [1.82, 2.24) is 10.6 Å². The molecule has 108 valence electrons. The number of carbonyl (C=O) groups is 1. The number of hydrogen-bond donors (Lipinski definition) is 2. The van der Waals surface area contributed by atoms with E-state index in [9.17, 15) is 4.79 Å². The van der Waals surface area contributed by atoms with E-state index in [-0.39, 0.29) is 29.8 Å². The molecule has 0 bridgehead atoms. The third kappa shape index (κ3) is 4.43. The van der Waals surface area contributed by atoms with Gasteiger partial charge in [-0.25, -0.2) is 0 Å². The Morgan fingerprint density at radius 1 is 1.28 bits per heavy atom. The summed E-state index contributed by atoms with van der Waals surface area (Å²) in [7, 11) is 0. The zero-order valence-corrected chi connectivity index (χ0v) is 13.0. The van der Waals surface area contributed by atoms with Crippen molar-refractivity contribution in [3.8, 4) is 0 Å². The molecule has 0 spiro atoms. The highest BCUT2D eigenvalue weighted by atomic mass is 35.5. The molecule has 0 unspecified atom stereocenters. The molecular weight excluding hydrogens is 248 g/mol. The van der Waals surface area contributed by atoms with Gasteiger partial charge in [0, 0.05) is 17.5 Å². The van der Waals surface area contributed by atoms with Gasteiger partial charge in [-0.3, -0.25) is 4.79 Å². The van der Waals surface area contributed by atoms with E-state index in [1.54, 1.807) is 0 Å². The summed E-state index contributed by atoms with van der Waals surface area (Å²) in [6.07, 6.45) is 5.01. The molecule has 0 radical (unpaired) electrons. The van der Waals surface area contributed by atoms with Crippen LogP contribution in [0.15, 0.2) is 0 Å². The highest BCUT2D eigenvalue weighted by molar-refractivity contribution is 5.85. The van der Waals surface area contributed by atoms with Crippen LogP contribution in [-0.2, 0) is 4.79 Å². The predicted molar refractivity (Wildman–Crippen MR) is 79.2 cm³/mol. The Kier molecular flexibility index (Phi) is 7.88. The zero-order valence-electron chi connectivity index (χ0n) is 12.2. The minimum absolute atomic E-state index is 0. The molecule has 0 aromatic carbocycles. The Morgan fingerprint density at radius 3 is 2.28 bits per heavy atom. The van der Waals surface area contributed by atoms with Crippen molar-refractivity contribution in [3.05, 3.63) is 0 Å². The number of halogens is 1. The van der Waals surface area contributed by atoms with Crippen LogP contribution in [0.4, 0.5) is 0 Å². The van der Waals surface area contributed by atoms with Crippen molar-refractivity contribution in [1.29, 1.82) is 0 Å². The largest absolute Gasteiger partial charge is 0.350 e. The summed E-state index contributed by atoms with van der Waals surface area (Å²) in [6, 6.07) is 0.471. The molecule has 0 aliphatic carbocycles. The highest BCUT2D eigenvalue weighted by Gasteiger charge is 2.31. The van der Waals surface area contributed by atoms with Crippen LogP contribution in [0.3, 0.4) is 0 Å². The average molecular weight is 277 g/mol. The van der Waals surface area contributed by atoms with Crippen molar-refractivity contribution in [3.63, 3.8) is 0 Å². The first-order valence-corrected chi connectivity index (χ1v) is 7.12. The van der Waals surface area contributed by atoms with E-state index >= 15 is 0 Å². The summed E-state index contributed by atoms with van der Waals surface area (Å²) < 4.78 is 0. The fourth-order valence-corrected chi connectivity index (χ4v) is 2.75. The summed E-state index contributed by atoms with van der Waals surface area (Å²) in [6.45, 7) is 9.62. The van der Waals surface area contributed by atoms with Gasteiger partial charge in [0.05, 0.1) is 0 Å². The van der Waals surface area contributed by atoms with E-state index in [0.717, 1.165) is 38.6 Å². The molecule has 1 aliphatic heterocycles. The summed E-state index contributed by atoms with van der Waals surface area (Å²) in [5.41, 5.74) is 0.0190. The van der Waals surface area contributed by atoms with E-state index in [0.29, 0.717) is 6.04 Å². The van der Waals surface area contributed by atoms with Gasteiger partial charge in [-0.2, -0.15) is 0 Å². The Labute approximate surface area is 118 Å². The lowest BCUT2D eigenvalue weighted by molar-refractivity contribution is -0.128. The maximum absolute atomic E-state index is 12.3. The molecule has 2 atom stereocenters. The molecule has 18 heavy (non-hydrogen) atoms. The van der Waals surface area contributed by atoms with Crippen molar-refractivity contribution >= 4 is 18.3 Å². The monoisotopic (exact) mass is 276 g/mol. The number of piperidine rings is 1. The highest BCUT2D eigenvalue weighted by Crippen LogP contribution is 2.22. The maximum Gasteiger partial charge on any atom is 0.223 e. The molecule has 4 heteroatoms. The summed E-state index contributed by atoms with van der Waals surface area (Å²) in [4.78, 5) is 12.3. The van der Waals surface area contributed by atoms with Crippen molar-refractivity contribution in [2.75, 3.05) is 6.54 Å². The van der Waals surface area contributed by atoms with Crippen molar-refractivity contribution in [2.45, 2.75) is 71.4 Å². The predicted octanol–water partition coefficient (Wildman–Crippen LogP) is 2.88. The van der Waals surface area contributed by atoms with Crippen LogP contribution in [0.25, 0.3) is 0 Å². The molecule has 2 N–H and O–H groups in total. The summed E-state index contributed by atoms with van der Waals surface area (Å²) in [5.74, 6) is 0.471. The number of hydrogen-bond acceptors (Lipinski definition) is 2. The first kappa shape index (κ1) is 17.7. The van der Waals surface area contributed by atoms with E-state index in [2.05, 4.69) is 38.3 Å². The van der Waals surface area contributed by atoms with Crippen LogP contribution < -0.4 is 10.6 Å². The molecule has 3 nitrogen and oxygen atoms in total. The van der Waals surface area contributed by atoms with Gasteiger partial charge >= 0.3 is 0 Å². The Morgan fingerprint density at radius 2 is 1.83 bits per heavy atom. The molecule has 1 aliphatic rings. The van der Waals surface area contributed by atoms with Gasteiger partial charge in [-0.1, -0.05) is 20.8 Å². The zero-order chi connectivity index (χ0) is 12.9. The fraction of sp³-hybridized carbons (Fsp3) is 0.929. The van der Waals surface area contributed by atoms with Gasteiger partial charge in [0.25, 0.3) is 0 Å². The molecular formula is C14H29ClN2O. The van der Waals surface area contributed by atoms with Crippen molar-refractivity contribution in [2.24, 2.45) is 5.92 Å². The van der Waals surface area contributed by atoms with E-state index in [1.165, 1.54) is 0 Å². The van der Waals surface area contributed by atoms with Crippen LogP contribution in [0.5, 0.6) is 0 Å². The van der Waals surface area contributed by atoms with Crippen molar-refractivity contribution < 1.29 is 4.79 Å². The molecule has 1 heterocycles. The van der Waals surface area contributed by atoms with Crippen LogP contribution in [-0.4, -0.2) is 24.0 Å². The summed E-state index contributed by atoms with van der Waals surface area (Å²) >= 11 is 0. The Balaban J connectivity index is 0.00000289. The lowest BCUT2D eigenvalue weighted by Crippen LogP contribution is -2.51. The van der Waals surface area contributed by atoms with Crippen LogP contribution in [0.1, 0.15) is 59.8 Å². The van der Waals surface area contributed by atoms with Gasteiger partial charge in [0.15, 0.2) is 0 Å². The molecule has 0 aromatic rings. The second-order valence-corrected chi connectivity index (χ2v) is 5.41. The fourth-order valence-electron chi connectivity index (χ4n) is 2.75. The van der Waals surface area contributed by atoms with Gasteiger partial charge in [0.1, 0.15) is 0 Å². The van der Waals surface area contributed by atoms with Gasteiger partial charge in [-0.15, -0.1) is 12.4 Å². The number of nitrogens with one attached hydrogen (secondary N) is 2. The van der Waals surface area contributed by atoms with Gasteiger partial charge < -0.3 is 10.6 Å². The standard InChI is InChI=1S/C14H28N2O.ClH/c1-5-14(6-2,7-3)16-13(17)12-8-9-15-11(4)10-12;/h11-12,15H,5-10H2,1-4H3,(H,16,17);1H/t11-,12-;/m0./s1. The molecule has 1 amide bonds. The topological polar surface area (TPSA) is 41.1 Å². The van der Waals surface area contributed by atoms with Crippen LogP contribution >= 0.6 is 12.4 Å². The first-order chi connectivity index (χ1) is 8.06. The van der Waals surface area contributed by atoms with Crippen LogP contribution in [0, 0.1) is 5.92 Å². The number of amides is 1. The Bertz CT molecular complexity index is 246. The molecule has 0 aromatic heterocycles. The minimum Gasteiger partial charge on any atom is -0.350 e. The number of carbonyl (C=O) groups excluding carboxylic acids is 1. The first-order valence-electron chi connectivity index (χ1n) is 7.12. The average Bonchev–Trinajstić information content (AvgIpc) is 2.36. The SMILES string of the molecule is CCC(CC)(CC)NC(=O)[C@H]1CCN[C@@H](C)C1.Cl. The Hall–Kier alpha value is -0.280. The maximum atomic E-state index is 12.3. The quantitative estimate of drug-likeness (QED) is 0.811. The molecule has 1 fully saturated rings. The van der Waals surface area contributed by atoms with E-state index in [4.69, 9.17) is 0 Å². The van der Waals surface area contributed by atoms with Crippen LogP contribution in [0.2, 0.25) is 0 Å². The third-order valence-electron chi connectivity index (χ3n) is 4.41. The molecule has 1 rings (SSSR count). The van der Waals surface area contributed by atoms with E-state index in [1.807, 2.05) is 0 Å². The lowest BCUT2D eigenvalue weighted by Gasteiger charge is -2.35. The molecule has 0 saturated carbocycles. The normalized spacial score (nSPS) is 24.2. The minimum atomic E-state index is 0. The second kappa shape index (κ2) is 8.00. The summed E-state index contributed by atoms with van der Waals surface area (Å²) in [5, 5.41) is 6.69. The third-order valence-corrected chi connectivity index (χ3v) is 4.41. The second-order valence-electron chi connectivity index (χ2n) is 5.41.